The van der Waals surface area contributed by atoms with Crippen molar-refractivity contribution in [3.8, 4) is 0 Å². The fourth-order valence-corrected chi connectivity index (χ4v) is 4.22. The van der Waals surface area contributed by atoms with Crippen LogP contribution in [0.1, 0.15) is 29.5 Å². The summed E-state index contributed by atoms with van der Waals surface area (Å²) in [4.78, 5) is 17.6. The zero-order chi connectivity index (χ0) is 19.2. The first-order valence-corrected chi connectivity index (χ1v) is 11.0. The van der Waals surface area contributed by atoms with E-state index in [1.165, 1.54) is 17.7 Å². The SMILES string of the molecule is Cc1ccc(CN(C(=O)Cc2ccc(F)cc2)C2CCN(CI)CC2)cc1. The van der Waals surface area contributed by atoms with Crippen LogP contribution in [0.4, 0.5) is 4.39 Å². The summed E-state index contributed by atoms with van der Waals surface area (Å²) in [5.74, 6) is -0.149. The summed E-state index contributed by atoms with van der Waals surface area (Å²) >= 11 is 2.40. The van der Waals surface area contributed by atoms with Gasteiger partial charge in [-0.1, -0.05) is 64.6 Å². The van der Waals surface area contributed by atoms with Crippen LogP contribution in [0.15, 0.2) is 48.5 Å². The highest BCUT2D eigenvalue weighted by atomic mass is 127. The number of hydrogen-bond donors (Lipinski definition) is 0. The summed E-state index contributed by atoms with van der Waals surface area (Å²) < 4.78 is 14.2. The van der Waals surface area contributed by atoms with E-state index in [2.05, 4.69) is 58.7 Å². The molecule has 1 saturated heterocycles. The van der Waals surface area contributed by atoms with Gasteiger partial charge >= 0.3 is 0 Å². The van der Waals surface area contributed by atoms with Gasteiger partial charge in [-0.25, -0.2) is 4.39 Å². The van der Waals surface area contributed by atoms with E-state index in [9.17, 15) is 9.18 Å². The van der Waals surface area contributed by atoms with E-state index in [0.717, 1.165) is 41.6 Å². The molecular weight excluding hydrogens is 454 g/mol. The molecule has 0 radical (unpaired) electrons. The Balaban J connectivity index is 1.74. The van der Waals surface area contributed by atoms with E-state index in [1.807, 2.05) is 4.90 Å². The number of amides is 1. The molecule has 0 aromatic heterocycles. The number of halogens is 2. The number of nitrogens with zero attached hydrogens (tertiary/aromatic N) is 2. The number of piperidine rings is 1. The molecular formula is C22H26FIN2O. The summed E-state index contributed by atoms with van der Waals surface area (Å²) in [6.07, 6.45) is 2.33. The molecule has 144 valence electrons. The van der Waals surface area contributed by atoms with Crippen LogP contribution in [0, 0.1) is 12.7 Å². The minimum Gasteiger partial charge on any atom is -0.335 e. The molecule has 0 bridgehead atoms. The predicted molar refractivity (Wildman–Crippen MR) is 115 cm³/mol. The van der Waals surface area contributed by atoms with Crippen LogP contribution in [0.3, 0.4) is 0 Å². The molecule has 0 spiro atoms. The summed E-state index contributed by atoms with van der Waals surface area (Å²) in [7, 11) is 0. The monoisotopic (exact) mass is 480 g/mol. The Morgan fingerprint density at radius 2 is 1.67 bits per heavy atom. The molecule has 1 aliphatic rings. The molecule has 1 aliphatic heterocycles. The molecule has 27 heavy (non-hydrogen) atoms. The topological polar surface area (TPSA) is 23.6 Å². The summed E-state index contributed by atoms with van der Waals surface area (Å²) in [5.41, 5.74) is 3.24. The molecule has 3 nitrogen and oxygen atoms in total. The molecule has 5 heteroatoms. The summed E-state index contributed by atoms with van der Waals surface area (Å²) in [6, 6.07) is 14.9. The molecule has 0 N–H and O–H groups in total. The first-order valence-electron chi connectivity index (χ1n) is 9.43. The van der Waals surface area contributed by atoms with Crippen LogP contribution in [-0.2, 0) is 17.8 Å². The number of carbonyl (C=O) groups excluding carboxylic acids is 1. The van der Waals surface area contributed by atoms with Crippen molar-refractivity contribution in [1.29, 1.82) is 0 Å². The maximum Gasteiger partial charge on any atom is 0.227 e. The Kier molecular flexibility index (Phi) is 7.24. The van der Waals surface area contributed by atoms with Gasteiger partial charge in [0.05, 0.1) is 11.0 Å². The van der Waals surface area contributed by atoms with Gasteiger partial charge in [0.25, 0.3) is 0 Å². The average Bonchev–Trinajstić information content (AvgIpc) is 2.69. The van der Waals surface area contributed by atoms with E-state index in [1.54, 1.807) is 12.1 Å². The van der Waals surface area contributed by atoms with Gasteiger partial charge in [-0.15, -0.1) is 0 Å². The smallest absolute Gasteiger partial charge is 0.227 e. The Morgan fingerprint density at radius 3 is 2.26 bits per heavy atom. The van der Waals surface area contributed by atoms with Gasteiger partial charge in [0, 0.05) is 25.7 Å². The normalized spacial score (nSPS) is 15.7. The second kappa shape index (κ2) is 9.64. The second-order valence-electron chi connectivity index (χ2n) is 7.28. The lowest BCUT2D eigenvalue weighted by Gasteiger charge is -2.38. The molecule has 0 aliphatic carbocycles. The molecule has 1 fully saturated rings. The molecule has 0 atom stereocenters. The number of likely N-dealkylation sites (tertiary alicyclic amines) is 1. The van der Waals surface area contributed by atoms with Gasteiger partial charge in [0.15, 0.2) is 0 Å². The highest BCUT2D eigenvalue weighted by molar-refractivity contribution is 14.1. The molecule has 1 heterocycles. The van der Waals surface area contributed by atoms with Crippen molar-refractivity contribution in [3.05, 3.63) is 71.0 Å². The molecule has 0 saturated carbocycles. The maximum atomic E-state index is 13.2. The van der Waals surface area contributed by atoms with E-state index in [0.29, 0.717) is 13.0 Å². The minimum atomic E-state index is -0.270. The average molecular weight is 480 g/mol. The van der Waals surface area contributed by atoms with Crippen molar-refractivity contribution in [2.75, 3.05) is 17.6 Å². The van der Waals surface area contributed by atoms with Gasteiger partial charge < -0.3 is 4.90 Å². The molecule has 1 amide bonds. The van der Waals surface area contributed by atoms with Crippen LogP contribution < -0.4 is 0 Å². The van der Waals surface area contributed by atoms with Crippen molar-refractivity contribution in [2.24, 2.45) is 0 Å². The van der Waals surface area contributed by atoms with Crippen molar-refractivity contribution >= 4 is 28.5 Å². The van der Waals surface area contributed by atoms with Gasteiger partial charge in [0.1, 0.15) is 5.82 Å². The Bertz CT molecular complexity index is 740. The predicted octanol–water partition coefficient (Wildman–Crippen LogP) is 4.56. The van der Waals surface area contributed by atoms with E-state index >= 15 is 0 Å². The first kappa shape index (κ1) is 20.3. The summed E-state index contributed by atoms with van der Waals surface area (Å²) in [6.45, 7) is 4.76. The third-order valence-electron chi connectivity index (χ3n) is 5.23. The van der Waals surface area contributed by atoms with Gasteiger partial charge in [0.2, 0.25) is 5.91 Å². The second-order valence-corrected chi connectivity index (χ2v) is 7.96. The highest BCUT2D eigenvalue weighted by Gasteiger charge is 2.27. The Hall–Kier alpha value is -1.47. The minimum absolute atomic E-state index is 0.120. The number of alkyl halides is 1. The van der Waals surface area contributed by atoms with Crippen LogP contribution in [0.5, 0.6) is 0 Å². The van der Waals surface area contributed by atoms with E-state index in [-0.39, 0.29) is 17.8 Å². The molecule has 2 aromatic carbocycles. The van der Waals surface area contributed by atoms with Crippen molar-refractivity contribution in [2.45, 2.75) is 38.8 Å². The van der Waals surface area contributed by atoms with Gasteiger partial charge in [-0.2, -0.15) is 0 Å². The number of carbonyl (C=O) groups is 1. The quantitative estimate of drug-likeness (QED) is 0.344. The van der Waals surface area contributed by atoms with Gasteiger partial charge in [-0.3, -0.25) is 9.69 Å². The van der Waals surface area contributed by atoms with Crippen LogP contribution in [0.2, 0.25) is 0 Å². The van der Waals surface area contributed by atoms with Crippen LogP contribution in [0.25, 0.3) is 0 Å². The molecule has 3 rings (SSSR count). The number of aryl methyl sites for hydroxylation is 1. The zero-order valence-corrected chi connectivity index (χ0v) is 17.9. The van der Waals surface area contributed by atoms with E-state index < -0.39 is 0 Å². The highest BCUT2D eigenvalue weighted by Crippen LogP contribution is 2.21. The maximum absolute atomic E-state index is 13.2. The Morgan fingerprint density at radius 1 is 1.07 bits per heavy atom. The van der Waals surface area contributed by atoms with Crippen molar-refractivity contribution in [1.82, 2.24) is 9.80 Å². The van der Waals surface area contributed by atoms with Crippen molar-refractivity contribution in [3.63, 3.8) is 0 Å². The number of benzene rings is 2. The third-order valence-corrected chi connectivity index (χ3v) is 6.19. The standard InChI is InChI=1S/C22H26FIN2O/c1-17-2-4-19(5-3-17)15-26(21-10-12-25(16-24)13-11-21)22(27)14-18-6-8-20(23)9-7-18/h2-9,21H,10-16H2,1H3. The lowest BCUT2D eigenvalue weighted by molar-refractivity contribution is -0.134. The fraction of sp³-hybridized carbons (Fsp3) is 0.409. The Labute approximate surface area is 174 Å². The number of rotatable bonds is 6. The zero-order valence-electron chi connectivity index (χ0n) is 15.7. The van der Waals surface area contributed by atoms with Crippen molar-refractivity contribution < 1.29 is 9.18 Å². The lowest BCUT2D eigenvalue weighted by Crippen LogP contribution is -2.47. The van der Waals surface area contributed by atoms with Crippen LogP contribution in [-0.4, -0.2) is 39.4 Å². The third kappa shape index (κ3) is 5.75. The molecule has 2 aromatic rings. The van der Waals surface area contributed by atoms with Crippen LogP contribution >= 0.6 is 22.6 Å². The number of hydrogen-bond acceptors (Lipinski definition) is 2. The summed E-state index contributed by atoms with van der Waals surface area (Å²) in [5, 5.41) is 0. The largest absolute Gasteiger partial charge is 0.335 e. The van der Waals surface area contributed by atoms with E-state index in [4.69, 9.17) is 0 Å². The lowest BCUT2D eigenvalue weighted by atomic mass is 10.0. The first-order chi connectivity index (χ1) is 13.0. The molecule has 0 unspecified atom stereocenters. The van der Waals surface area contributed by atoms with Gasteiger partial charge in [-0.05, 0) is 43.0 Å². The fourth-order valence-electron chi connectivity index (χ4n) is 3.54.